The minimum atomic E-state index is -0.0939. The molecule has 0 unspecified atom stereocenters. The summed E-state index contributed by atoms with van der Waals surface area (Å²) in [4.78, 5) is 0. The maximum atomic E-state index is 9.00. The van der Waals surface area contributed by atoms with Crippen LogP contribution in [0.1, 0.15) is 11.3 Å². The van der Waals surface area contributed by atoms with Gasteiger partial charge in [0.15, 0.2) is 5.76 Å². The third-order valence-corrected chi connectivity index (χ3v) is 2.75. The predicted octanol–water partition coefficient (Wildman–Crippen LogP) is 2.90. The molecule has 4 heteroatoms. The third-order valence-electron chi connectivity index (χ3n) is 2.26. The van der Waals surface area contributed by atoms with Gasteiger partial charge in [-0.2, -0.15) is 0 Å². The summed E-state index contributed by atoms with van der Waals surface area (Å²) in [6.45, 7) is 1.79. The molecular formula is C11H10BrNO2. The van der Waals surface area contributed by atoms with Crippen LogP contribution in [0, 0.1) is 6.92 Å². The summed E-state index contributed by atoms with van der Waals surface area (Å²) in [5.74, 6) is 0.709. The molecule has 15 heavy (non-hydrogen) atoms. The Kier molecular flexibility index (Phi) is 2.88. The number of aliphatic hydroxyl groups is 1. The van der Waals surface area contributed by atoms with Crippen LogP contribution in [0.5, 0.6) is 0 Å². The second-order valence-electron chi connectivity index (χ2n) is 3.25. The van der Waals surface area contributed by atoms with Gasteiger partial charge in [-0.1, -0.05) is 33.2 Å². The first kappa shape index (κ1) is 10.4. The largest absolute Gasteiger partial charge is 0.390 e. The van der Waals surface area contributed by atoms with E-state index >= 15 is 0 Å². The molecule has 0 aliphatic heterocycles. The van der Waals surface area contributed by atoms with Gasteiger partial charge in [-0.3, -0.25) is 0 Å². The van der Waals surface area contributed by atoms with Crippen LogP contribution in [0.25, 0.3) is 11.3 Å². The van der Waals surface area contributed by atoms with Gasteiger partial charge in [0, 0.05) is 15.6 Å². The van der Waals surface area contributed by atoms with Crippen molar-refractivity contribution < 1.29 is 9.63 Å². The van der Waals surface area contributed by atoms with Crippen LogP contribution < -0.4 is 0 Å². The molecule has 0 spiro atoms. The van der Waals surface area contributed by atoms with Gasteiger partial charge >= 0.3 is 0 Å². The molecule has 1 aromatic carbocycles. The van der Waals surface area contributed by atoms with Crippen LogP contribution in [-0.4, -0.2) is 10.3 Å². The maximum absolute atomic E-state index is 9.00. The van der Waals surface area contributed by atoms with Crippen molar-refractivity contribution in [3.8, 4) is 11.3 Å². The van der Waals surface area contributed by atoms with Gasteiger partial charge in [0.1, 0.15) is 5.69 Å². The fourth-order valence-electron chi connectivity index (χ4n) is 1.42. The summed E-state index contributed by atoms with van der Waals surface area (Å²) in [7, 11) is 0. The Hall–Kier alpha value is -1.13. The maximum Gasteiger partial charge on any atom is 0.170 e. The van der Waals surface area contributed by atoms with Crippen LogP contribution in [0.3, 0.4) is 0 Å². The molecule has 1 N–H and O–H groups in total. The number of rotatable bonds is 2. The third kappa shape index (κ3) is 1.96. The molecule has 0 bridgehead atoms. The average molecular weight is 268 g/mol. The Labute approximate surface area is 95.8 Å². The van der Waals surface area contributed by atoms with Gasteiger partial charge in [-0.05, 0) is 19.1 Å². The van der Waals surface area contributed by atoms with E-state index in [2.05, 4.69) is 21.1 Å². The van der Waals surface area contributed by atoms with E-state index in [-0.39, 0.29) is 6.61 Å². The lowest BCUT2D eigenvalue weighted by molar-refractivity contribution is 0.266. The van der Waals surface area contributed by atoms with E-state index in [4.69, 9.17) is 9.63 Å². The van der Waals surface area contributed by atoms with E-state index in [9.17, 15) is 0 Å². The topological polar surface area (TPSA) is 46.3 Å². The number of hydrogen-bond acceptors (Lipinski definition) is 3. The number of benzene rings is 1. The first-order valence-electron chi connectivity index (χ1n) is 4.54. The van der Waals surface area contributed by atoms with Crippen LogP contribution in [0.4, 0.5) is 0 Å². The van der Waals surface area contributed by atoms with E-state index in [1.165, 1.54) is 0 Å². The Morgan fingerprint density at radius 3 is 2.87 bits per heavy atom. The second kappa shape index (κ2) is 4.16. The van der Waals surface area contributed by atoms with Crippen molar-refractivity contribution in [2.24, 2.45) is 0 Å². The molecule has 78 valence electrons. The minimum Gasteiger partial charge on any atom is -0.390 e. The summed E-state index contributed by atoms with van der Waals surface area (Å²) in [6.07, 6.45) is 0. The highest BCUT2D eigenvalue weighted by Gasteiger charge is 2.12. The first-order valence-corrected chi connectivity index (χ1v) is 5.33. The summed E-state index contributed by atoms with van der Waals surface area (Å²) < 4.78 is 6.18. The highest BCUT2D eigenvalue weighted by atomic mass is 79.9. The molecule has 0 aliphatic rings. The average Bonchev–Trinajstić information content (AvgIpc) is 2.59. The fourth-order valence-corrected chi connectivity index (χ4v) is 1.81. The van der Waals surface area contributed by atoms with Crippen molar-refractivity contribution in [1.29, 1.82) is 0 Å². The molecule has 2 rings (SSSR count). The smallest absolute Gasteiger partial charge is 0.170 e. The van der Waals surface area contributed by atoms with E-state index in [1.807, 2.05) is 31.2 Å². The number of nitrogens with zero attached hydrogens (tertiary/aromatic N) is 1. The molecule has 0 saturated heterocycles. The van der Waals surface area contributed by atoms with Gasteiger partial charge in [-0.25, -0.2) is 0 Å². The monoisotopic (exact) mass is 267 g/mol. The summed E-state index contributed by atoms with van der Waals surface area (Å²) >= 11 is 3.40. The Morgan fingerprint density at radius 2 is 2.27 bits per heavy atom. The highest BCUT2D eigenvalue weighted by Crippen LogP contribution is 2.27. The van der Waals surface area contributed by atoms with Crippen molar-refractivity contribution in [3.63, 3.8) is 0 Å². The van der Waals surface area contributed by atoms with Gasteiger partial charge in [0.25, 0.3) is 0 Å². The van der Waals surface area contributed by atoms with Gasteiger partial charge < -0.3 is 9.63 Å². The summed E-state index contributed by atoms with van der Waals surface area (Å²) in [5.41, 5.74) is 2.43. The Morgan fingerprint density at radius 1 is 1.47 bits per heavy atom. The second-order valence-corrected chi connectivity index (χ2v) is 4.17. The van der Waals surface area contributed by atoms with Crippen molar-refractivity contribution >= 4 is 15.9 Å². The number of aliphatic hydroxyl groups excluding tert-OH is 1. The quantitative estimate of drug-likeness (QED) is 0.910. The fraction of sp³-hybridized carbons (Fsp3) is 0.182. The number of halogens is 1. The van der Waals surface area contributed by atoms with Crippen molar-refractivity contribution in [2.45, 2.75) is 13.5 Å². The lowest BCUT2D eigenvalue weighted by Crippen LogP contribution is -1.85. The van der Waals surface area contributed by atoms with Crippen molar-refractivity contribution in [2.75, 3.05) is 0 Å². The molecule has 1 heterocycles. The van der Waals surface area contributed by atoms with Gasteiger partial charge in [0.05, 0.1) is 6.61 Å². The molecule has 0 fully saturated rings. The zero-order valence-corrected chi connectivity index (χ0v) is 9.78. The molecule has 0 radical (unpaired) electrons. The number of aromatic nitrogens is 1. The van der Waals surface area contributed by atoms with Crippen molar-refractivity contribution in [3.05, 3.63) is 40.0 Å². The van der Waals surface area contributed by atoms with Gasteiger partial charge in [0.2, 0.25) is 0 Å². The van der Waals surface area contributed by atoms with Crippen LogP contribution in [0.15, 0.2) is 33.3 Å². The molecule has 0 saturated carbocycles. The molecule has 2 aromatic rings. The Bertz CT molecular complexity index is 479. The SMILES string of the molecule is Cc1c(CO)noc1-c1cccc(Br)c1. The van der Waals surface area contributed by atoms with Crippen LogP contribution in [-0.2, 0) is 6.61 Å². The summed E-state index contributed by atoms with van der Waals surface area (Å²) in [6, 6.07) is 7.77. The minimum absolute atomic E-state index is 0.0939. The van der Waals surface area contributed by atoms with E-state index in [1.54, 1.807) is 0 Å². The van der Waals surface area contributed by atoms with Gasteiger partial charge in [-0.15, -0.1) is 0 Å². The summed E-state index contributed by atoms with van der Waals surface area (Å²) in [5, 5.41) is 12.8. The van der Waals surface area contributed by atoms with E-state index in [0.717, 1.165) is 15.6 Å². The van der Waals surface area contributed by atoms with Crippen molar-refractivity contribution in [1.82, 2.24) is 5.16 Å². The normalized spacial score (nSPS) is 10.6. The molecule has 0 amide bonds. The van der Waals surface area contributed by atoms with Crippen LogP contribution in [0.2, 0.25) is 0 Å². The molecule has 1 aromatic heterocycles. The zero-order chi connectivity index (χ0) is 10.8. The molecule has 3 nitrogen and oxygen atoms in total. The standard InChI is InChI=1S/C11H10BrNO2/c1-7-10(6-14)13-15-11(7)8-3-2-4-9(12)5-8/h2-5,14H,6H2,1H3. The predicted molar refractivity (Wildman–Crippen MR) is 60.3 cm³/mol. The van der Waals surface area contributed by atoms with Crippen LogP contribution >= 0.6 is 15.9 Å². The molecule has 0 aliphatic carbocycles. The first-order chi connectivity index (χ1) is 7.22. The highest BCUT2D eigenvalue weighted by molar-refractivity contribution is 9.10. The molecular weight excluding hydrogens is 258 g/mol. The van der Waals surface area contributed by atoms with E-state index in [0.29, 0.717) is 11.5 Å². The number of hydrogen-bond donors (Lipinski definition) is 1. The lowest BCUT2D eigenvalue weighted by atomic mass is 10.1. The Balaban J connectivity index is 2.49. The lowest BCUT2D eigenvalue weighted by Gasteiger charge is -1.98. The van der Waals surface area contributed by atoms with E-state index < -0.39 is 0 Å². The zero-order valence-electron chi connectivity index (χ0n) is 8.20. The molecule has 0 atom stereocenters.